The van der Waals surface area contributed by atoms with Crippen LogP contribution >= 0.6 is 55.8 Å². The van der Waals surface area contributed by atoms with E-state index in [0.29, 0.717) is 18.5 Å². The fourth-order valence-corrected chi connectivity index (χ4v) is 103. The molecule has 1 heterocycles. The molecular weight excluding hydrogens is 1840 g/mol. The standard InChI is InChI=1S/C12H24OS2.C9H13NOS2.C8H16S.S38.S2/c1-11(12-7-3-2-4-8-12)15-14-10-6-5-9-13;11-7-3-4-8-12-13-9-5-1-2-6-10-9;1-7(9)8-5-3-2-4-6-8;1-3-5-7-9-11-13-15-17-19-21-23-25-27-29-31-33-35-37-38-36-34-32-30-28-26-24-22-20-18-16-14-12-10-8-6-4-2;1-2/h11-13H,2-10H2,1H3;1-2,5-6,11H,3-4,7-8H2;7-9H,2-6H2,1H3;;. The van der Waals surface area contributed by atoms with Crippen molar-refractivity contribution < 1.29 is 10.2 Å². The molecule has 3 nitrogen and oxygen atoms in total. The summed E-state index contributed by atoms with van der Waals surface area (Å²) < 4.78 is 0. The van der Waals surface area contributed by atoms with Crippen molar-refractivity contribution in [3.8, 4) is 0 Å². The minimum absolute atomic E-state index is 0.300. The Hall–Kier alpha value is 9.62. The van der Waals surface area contributed by atoms with Crippen LogP contribution in [0, 0.1) is 11.8 Å². The van der Waals surface area contributed by atoms with Gasteiger partial charge in [-0.2, -0.15) is 12.6 Å². The normalized spacial score (nSPS) is 12.6. The maximum absolute atomic E-state index is 8.66. The summed E-state index contributed by atoms with van der Waals surface area (Å²) in [5, 5.41) is 19.7. The lowest BCUT2D eigenvalue weighted by Gasteiger charge is -2.26. The third kappa shape index (κ3) is 72.9. The Kier molecular flexibility index (Phi) is 92.0. The van der Waals surface area contributed by atoms with Crippen LogP contribution in [-0.4, -0.2) is 50.4 Å². The molecule has 2 unspecified atom stereocenters. The highest BCUT2D eigenvalue weighted by molar-refractivity contribution is 8.81. The average molecular weight is 1890 g/mol. The summed E-state index contributed by atoms with van der Waals surface area (Å²) in [6, 6.07) is 5.91. The molecule has 0 bridgehead atoms. The zero-order chi connectivity index (χ0) is 56.4. The maximum atomic E-state index is 8.66. The summed E-state index contributed by atoms with van der Waals surface area (Å²) in [5.74, 6) is 4.15. The van der Waals surface area contributed by atoms with Crippen molar-refractivity contribution in [3.05, 3.63) is 24.4 Å². The van der Waals surface area contributed by atoms with Crippen LogP contribution in [0.3, 0.4) is 0 Å². The quantitative estimate of drug-likeness (QED) is 0.0950. The van der Waals surface area contributed by atoms with Gasteiger partial charge in [-0.15, -0.1) is 0 Å². The zero-order valence-corrected chi connectivity index (χ0v) is 76.4. The van der Waals surface area contributed by atoms with E-state index in [0.717, 1.165) is 53.5 Å². The summed E-state index contributed by atoms with van der Waals surface area (Å²) in [6.45, 7) is 5.26. The highest BCUT2D eigenvalue weighted by Gasteiger charge is 2.20. The molecule has 0 radical (unpaired) electrons. The molecule has 2 saturated carbocycles. The number of hydrogen-bond donors (Lipinski definition) is 3. The molecule has 456 valence electrons. The van der Waals surface area contributed by atoms with E-state index in [9.17, 15) is 0 Å². The zero-order valence-electron chi connectivity index (χ0n) is 39.6. The molecule has 0 spiro atoms. The van der Waals surface area contributed by atoms with E-state index in [-0.39, 0.29) is 0 Å². The summed E-state index contributed by atoms with van der Waals surface area (Å²) in [4.78, 5) is 4.19. The largest absolute Gasteiger partial charge is 0.396 e. The molecule has 0 saturated heterocycles. The molecule has 77 heavy (non-hydrogen) atoms. The van der Waals surface area contributed by atoms with Crippen LogP contribution in [-0.2, 0) is 364 Å². The Morgan fingerprint density at radius 1 is 0.455 bits per heavy atom. The fraction of sp³-hybridized carbons (Fsp3) is 0.828. The number of aromatic nitrogens is 1. The SMILES string of the molecule is CC(S)C1CCCCC1.CC(SSCCCCO)C1CCCCC1.OCCCCSSc1ccccn1.S=S.S=S=S=S=S=S=S=S=S=S=S=S=S=S=S=S=S=S=S=S=S=S=S=S=S=S=S=S=S=S=S=S=S=S=S=S=S=S. The first-order valence-corrected chi connectivity index (χ1v) is 76.7. The van der Waals surface area contributed by atoms with Gasteiger partial charge in [0.05, 0.1) is 0 Å². The minimum Gasteiger partial charge on any atom is -0.396 e. The molecule has 2 aliphatic carbocycles. The molecule has 2 atom stereocenters. The second kappa shape index (κ2) is 79.9. The topological polar surface area (TPSA) is 53.4 Å². The lowest BCUT2D eigenvalue weighted by molar-refractivity contribution is 0.287. The van der Waals surface area contributed by atoms with E-state index in [4.69, 9.17) is 32.6 Å². The molecule has 2 fully saturated rings. The second-order valence-electron chi connectivity index (χ2n) is 12.5. The number of aliphatic hydroxyl groups is 2. The number of unbranched alkanes of at least 4 members (excludes halogenated alkanes) is 2. The number of aliphatic hydroxyl groups excluding tert-OH is 2. The van der Waals surface area contributed by atoms with Gasteiger partial charge in [-0.3, -0.25) is 0 Å². The number of rotatable bonds is 14. The molecular formula is C29H53NO2S45. The van der Waals surface area contributed by atoms with E-state index >= 15 is 0 Å². The van der Waals surface area contributed by atoms with Gasteiger partial charge in [-0.25, -0.2) is 4.98 Å². The highest BCUT2D eigenvalue weighted by Crippen LogP contribution is 2.38. The van der Waals surface area contributed by atoms with Gasteiger partial charge in [0.2, 0.25) is 0 Å². The van der Waals surface area contributed by atoms with Crippen molar-refractivity contribution in [2.24, 2.45) is 11.8 Å². The van der Waals surface area contributed by atoms with Gasteiger partial charge in [0.25, 0.3) is 0 Å². The van der Waals surface area contributed by atoms with Crippen molar-refractivity contribution in [2.75, 3.05) is 24.7 Å². The van der Waals surface area contributed by atoms with Gasteiger partial charge in [-0.1, -0.05) is 90.8 Å². The number of pyridine rings is 1. The summed E-state index contributed by atoms with van der Waals surface area (Å²) >= 11 is 21.4. The smallest absolute Gasteiger partial charge is 0.106 e. The van der Waals surface area contributed by atoms with Crippen LogP contribution in [0.15, 0.2) is 29.4 Å². The predicted molar refractivity (Wildman–Crippen MR) is 471 cm³/mol. The number of thiol groups is 1. The van der Waals surface area contributed by atoms with Crippen LogP contribution in [0.5, 0.6) is 0 Å². The predicted octanol–water partition coefficient (Wildman–Crippen LogP) is 9.49. The van der Waals surface area contributed by atoms with Gasteiger partial charge >= 0.3 is 0 Å². The lowest BCUT2D eigenvalue weighted by atomic mass is 9.87. The maximum Gasteiger partial charge on any atom is 0.106 e. The van der Waals surface area contributed by atoms with E-state index in [2.05, 4.69) is 64.6 Å². The fourth-order valence-electron chi connectivity index (χ4n) is 4.88. The first kappa shape index (κ1) is 88.7. The number of nitrogens with zero attached hydrogens (tertiary/aromatic N) is 1. The average Bonchev–Trinajstić information content (AvgIpc) is 3.47. The first-order valence-electron chi connectivity index (χ1n) is 20.8. The molecule has 3 rings (SSSR count). The van der Waals surface area contributed by atoms with E-state index < -0.39 is 0 Å². The van der Waals surface area contributed by atoms with Crippen LogP contribution in [0.2, 0.25) is 0 Å². The second-order valence-corrected chi connectivity index (χ2v) is 82.3. The Labute approximate surface area is 602 Å². The van der Waals surface area contributed by atoms with Gasteiger partial charge in [0.1, 0.15) is 5.03 Å². The van der Waals surface area contributed by atoms with Gasteiger partial charge in [0, 0.05) is 406 Å². The lowest BCUT2D eigenvalue weighted by Crippen LogP contribution is -2.16. The summed E-state index contributed by atoms with van der Waals surface area (Å²) in [5.41, 5.74) is 0. The van der Waals surface area contributed by atoms with E-state index in [1.54, 1.807) is 134 Å². The third-order valence-corrected chi connectivity index (χ3v) is 91.5. The molecule has 1 aromatic rings. The molecule has 2 aliphatic rings. The first-order chi connectivity index (χ1) is 38.0. The van der Waals surface area contributed by atoms with Gasteiger partial charge < -0.3 is 10.2 Å². The van der Waals surface area contributed by atoms with Crippen LogP contribution in [0.1, 0.15) is 104 Å². The Morgan fingerprint density at radius 3 is 1.04 bits per heavy atom. The van der Waals surface area contributed by atoms with Gasteiger partial charge in [0.15, 0.2) is 0 Å². The molecule has 2 N–H and O–H groups in total. The Balaban J connectivity index is 0. The summed E-state index contributed by atoms with van der Waals surface area (Å²) in [6.07, 6.45) is 20.3. The molecule has 0 amide bonds. The van der Waals surface area contributed by atoms with Crippen molar-refractivity contribution >= 4 is 420 Å². The van der Waals surface area contributed by atoms with Crippen molar-refractivity contribution in [3.63, 3.8) is 0 Å². The Morgan fingerprint density at radius 2 is 0.766 bits per heavy atom. The van der Waals surface area contributed by atoms with Gasteiger partial charge in [-0.05, 0) is 86.1 Å². The van der Waals surface area contributed by atoms with E-state index in [1.165, 1.54) is 87.7 Å². The molecule has 0 aliphatic heterocycles. The molecule has 1 aromatic heterocycles. The van der Waals surface area contributed by atoms with Crippen LogP contribution < -0.4 is 0 Å². The monoisotopic (exact) mass is 1890 g/mol. The van der Waals surface area contributed by atoms with Crippen molar-refractivity contribution in [1.82, 2.24) is 4.98 Å². The van der Waals surface area contributed by atoms with Crippen LogP contribution in [0.4, 0.5) is 0 Å². The highest BCUT2D eigenvalue weighted by atomic mass is 33.5. The van der Waals surface area contributed by atoms with Crippen LogP contribution in [0.25, 0.3) is 0 Å². The molecule has 48 heteroatoms. The molecule has 0 aromatic carbocycles. The van der Waals surface area contributed by atoms with Crippen molar-refractivity contribution in [1.29, 1.82) is 0 Å². The van der Waals surface area contributed by atoms with E-state index in [1.807, 2.05) is 224 Å². The summed E-state index contributed by atoms with van der Waals surface area (Å²) in [7, 11) is 71.3. The number of hydrogen-bond acceptors (Lipinski definition) is 12. The Bertz CT molecular complexity index is 3280. The minimum atomic E-state index is 0.300. The third-order valence-electron chi connectivity index (χ3n) is 7.89. The van der Waals surface area contributed by atoms with Crippen molar-refractivity contribution in [2.45, 2.75) is 119 Å².